The van der Waals surface area contributed by atoms with E-state index in [4.69, 9.17) is 21.9 Å². The van der Waals surface area contributed by atoms with Crippen LogP contribution in [0.1, 0.15) is 163 Å². The monoisotopic (exact) mass is 1480 g/mol. The predicted molar refractivity (Wildman–Crippen MR) is 428 cm³/mol. The number of hydrogen-bond acceptors (Lipinski definition) is 12. The van der Waals surface area contributed by atoms with Crippen LogP contribution in [0.25, 0.3) is 17.1 Å². The normalized spacial score (nSPS) is 11.6. The van der Waals surface area contributed by atoms with Crippen LogP contribution in [-0.2, 0) is 33.8 Å². The van der Waals surface area contributed by atoms with E-state index in [1.807, 2.05) is 272 Å². The highest BCUT2D eigenvalue weighted by molar-refractivity contribution is 6.05. The summed E-state index contributed by atoms with van der Waals surface area (Å²) < 4.78 is 10.2. The van der Waals surface area contributed by atoms with Gasteiger partial charge in [-0.15, -0.1) is 12.4 Å². The van der Waals surface area contributed by atoms with Crippen LogP contribution in [0.15, 0.2) is 255 Å². The zero-order valence-corrected chi connectivity index (χ0v) is 62.7. The van der Waals surface area contributed by atoms with Crippen LogP contribution in [0.2, 0.25) is 0 Å². The van der Waals surface area contributed by atoms with Crippen molar-refractivity contribution in [1.82, 2.24) is 34.7 Å². The maximum Gasteiger partial charge on any atom is 0.407 e. The number of aromatic nitrogens is 6. The molecule has 0 aliphatic heterocycles. The first kappa shape index (κ1) is 80.1. The zero-order chi connectivity index (χ0) is 76.9. The molecule has 3 atom stereocenters. The number of aryl methyl sites for hydroxylation is 4. The molecule has 109 heavy (non-hydrogen) atoms. The van der Waals surface area contributed by atoms with Crippen molar-refractivity contribution in [2.75, 3.05) is 16.0 Å². The molecule has 3 heterocycles. The van der Waals surface area contributed by atoms with Crippen molar-refractivity contribution in [2.45, 2.75) is 111 Å². The van der Waals surface area contributed by atoms with E-state index < -0.39 is 11.7 Å². The number of nitrogens with two attached hydrogens (primary N) is 3. The lowest BCUT2D eigenvalue weighted by atomic mass is 9.88. The number of benzene rings is 9. The van der Waals surface area contributed by atoms with Crippen LogP contribution in [0.3, 0.4) is 0 Å². The van der Waals surface area contributed by atoms with Crippen molar-refractivity contribution in [3.05, 3.63) is 339 Å². The summed E-state index contributed by atoms with van der Waals surface area (Å²) in [6.07, 6.45) is 1.08. The highest BCUT2D eigenvalue weighted by Crippen LogP contribution is 2.34. The Balaban J connectivity index is 0.000000188. The molecule has 0 spiro atoms. The molecule has 3 unspecified atom stereocenters. The minimum absolute atomic E-state index is 0. The molecule has 0 saturated carbocycles. The molecule has 0 fully saturated rings. The second kappa shape index (κ2) is 37.8. The summed E-state index contributed by atoms with van der Waals surface area (Å²) in [5.41, 5.74) is 32.6. The summed E-state index contributed by atoms with van der Waals surface area (Å²) in [7, 11) is 0. The number of hydrogen-bond donors (Lipinski definition) is 7. The van der Waals surface area contributed by atoms with Gasteiger partial charge in [-0.3, -0.25) is 24.0 Å². The van der Waals surface area contributed by atoms with Gasteiger partial charge in [-0.05, 0) is 189 Å². The van der Waals surface area contributed by atoms with Gasteiger partial charge in [-0.1, -0.05) is 171 Å². The average Bonchev–Trinajstić information content (AvgIpc) is 1.58. The number of nitriles is 1. The highest BCUT2D eigenvalue weighted by atomic mass is 35.5. The molecule has 22 heteroatoms. The molecular formula is C87H89ClN14O7. The summed E-state index contributed by atoms with van der Waals surface area (Å²) in [5.74, 6) is -2.13. The van der Waals surface area contributed by atoms with Crippen molar-refractivity contribution in [2.24, 2.45) is 17.2 Å². The van der Waals surface area contributed by atoms with Crippen LogP contribution in [-0.4, -0.2) is 70.6 Å². The van der Waals surface area contributed by atoms with Gasteiger partial charge in [0.2, 0.25) is 11.8 Å². The lowest BCUT2D eigenvalue weighted by Gasteiger charge is -2.19. The number of nitrogens with one attached hydrogen (secondary N) is 4. The second-order valence-corrected chi connectivity index (χ2v) is 27.0. The maximum atomic E-state index is 13.4. The summed E-state index contributed by atoms with van der Waals surface area (Å²) in [4.78, 5) is 75.5. The first-order valence-corrected chi connectivity index (χ1v) is 35.5. The molecule has 10 N–H and O–H groups in total. The Labute approximate surface area is 640 Å². The molecule has 0 saturated heterocycles. The molecule has 3 aromatic heterocycles. The molecule has 0 aliphatic carbocycles. The Bertz CT molecular complexity index is 4970. The fourth-order valence-electron chi connectivity index (χ4n) is 12.5. The fourth-order valence-corrected chi connectivity index (χ4v) is 12.5. The molecule has 6 amide bonds. The van der Waals surface area contributed by atoms with Crippen LogP contribution in [0.4, 0.5) is 21.9 Å². The van der Waals surface area contributed by atoms with Gasteiger partial charge in [0.25, 0.3) is 17.7 Å². The van der Waals surface area contributed by atoms with Gasteiger partial charge in [0.1, 0.15) is 22.7 Å². The lowest BCUT2D eigenvalue weighted by Crippen LogP contribution is -2.32. The number of carbonyl (C=O) groups is 6. The van der Waals surface area contributed by atoms with Gasteiger partial charge in [0.15, 0.2) is 0 Å². The third-order valence-corrected chi connectivity index (χ3v) is 17.5. The molecule has 556 valence electrons. The largest absolute Gasteiger partial charge is 0.444 e. The Morgan fingerprint density at radius 2 is 0.771 bits per heavy atom. The summed E-state index contributed by atoms with van der Waals surface area (Å²) in [6.45, 7) is 13.7. The molecule has 21 nitrogen and oxygen atoms in total. The van der Waals surface area contributed by atoms with Gasteiger partial charge in [0.05, 0.1) is 40.2 Å². The van der Waals surface area contributed by atoms with E-state index in [0.717, 1.165) is 73.7 Å². The van der Waals surface area contributed by atoms with E-state index >= 15 is 0 Å². The van der Waals surface area contributed by atoms with Gasteiger partial charge in [-0.25, -0.2) is 18.8 Å². The number of amides is 6. The number of ether oxygens (including phenoxy) is 1. The smallest absolute Gasteiger partial charge is 0.407 e. The number of alkyl carbamates (subject to hydrolysis) is 1. The lowest BCUT2D eigenvalue weighted by molar-refractivity contribution is -0.119. The molecule has 12 rings (SSSR count). The van der Waals surface area contributed by atoms with Crippen LogP contribution in [0, 0.1) is 32.1 Å². The van der Waals surface area contributed by atoms with Crippen LogP contribution < -0.4 is 38.5 Å². The van der Waals surface area contributed by atoms with Crippen LogP contribution >= 0.6 is 12.4 Å². The SMILES string of the molecule is CCc1cccc(-n2nc(C)cc2C(=O)Nc2cccc(C(CC(N)=O)c3ccccc3)c2)c1.Cc1cc(C(=O)Nc2cccc(C(CC#N)c3ccccc3)c2)n(-c2cccc(CNC(=O)OC(C)(C)C)c2)n1.Cc1cc(C(=O)Nc2cccc(C(CC(N)=O)c3ccccc3)c2)n(-c2cccc(CN)c2)n1.Cl. The van der Waals surface area contributed by atoms with E-state index in [0.29, 0.717) is 58.5 Å². The molecule has 9 aromatic carbocycles. The average molecular weight is 1480 g/mol. The minimum atomic E-state index is -0.585. The third-order valence-electron chi connectivity index (χ3n) is 17.5. The summed E-state index contributed by atoms with van der Waals surface area (Å²) in [6, 6.07) is 82.6. The Morgan fingerprint density at radius 3 is 1.13 bits per heavy atom. The fraction of sp³-hybridized carbons (Fsp3) is 0.195. The number of rotatable bonds is 24. The molecule has 0 bridgehead atoms. The summed E-state index contributed by atoms with van der Waals surface area (Å²) >= 11 is 0. The maximum absolute atomic E-state index is 13.4. The van der Waals surface area contributed by atoms with Gasteiger partial charge >= 0.3 is 6.09 Å². The van der Waals surface area contributed by atoms with Gasteiger partial charge < -0.3 is 43.2 Å². The Hall–Kier alpha value is -13.0. The first-order chi connectivity index (χ1) is 52.0. The predicted octanol–water partition coefficient (Wildman–Crippen LogP) is 15.8. The Kier molecular flexibility index (Phi) is 27.8. The quantitative estimate of drug-likeness (QED) is 0.0297. The first-order valence-electron chi connectivity index (χ1n) is 35.5. The van der Waals surface area contributed by atoms with Gasteiger partial charge in [0, 0.05) is 67.2 Å². The number of primary amides is 2. The number of carbonyl (C=O) groups excluding carboxylic acids is 6. The van der Waals surface area contributed by atoms with E-state index in [-0.39, 0.29) is 79.1 Å². The molecular weight excluding hydrogens is 1390 g/mol. The third kappa shape index (κ3) is 22.3. The van der Waals surface area contributed by atoms with Crippen LogP contribution in [0.5, 0.6) is 0 Å². The molecule has 0 aliphatic rings. The van der Waals surface area contributed by atoms with Crippen molar-refractivity contribution in [3.63, 3.8) is 0 Å². The molecule has 12 aromatic rings. The summed E-state index contributed by atoms with van der Waals surface area (Å²) in [5, 5.41) is 34.7. The number of anilines is 3. The molecule has 0 radical (unpaired) electrons. The van der Waals surface area contributed by atoms with E-state index in [1.165, 1.54) is 5.56 Å². The Morgan fingerprint density at radius 1 is 0.440 bits per heavy atom. The highest BCUT2D eigenvalue weighted by Gasteiger charge is 2.25. The zero-order valence-electron chi connectivity index (χ0n) is 61.9. The second-order valence-electron chi connectivity index (χ2n) is 27.0. The number of nitrogens with zero attached hydrogens (tertiary/aromatic N) is 7. The van der Waals surface area contributed by atoms with Crippen molar-refractivity contribution < 1.29 is 33.5 Å². The topological polar surface area (TPSA) is 315 Å². The van der Waals surface area contributed by atoms with Crippen molar-refractivity contribution in [3.8, 4) is 23.1 Å². The van der Waals surface area contributed by atoms with Gasteiger partial charge in [-0.2, -0.15) is 20.6 Å². The minimum Gasteiger partial charge on any atom is -0.444 e. The van der Waals surface area contributed by atoms with E-state index in [9.17, 15) is 34.0 Å². The van der Waals surface area contributed by atoms with E-state index in [2.05, 4.69) is 55.6 Å². The standard InChI is InChI=1S/C32H33N5O3.C28H28N4O2.C27H27N5O2.ClH/c1-22-18-29(37(36-22)27-15-8-10-23(19-27)21-34-31(39)40-32(2,3)4)30(38)35-26-14-9-13-25(20-26)28(16-17-33)24-11-6-5-7-12-24;1-3-20-9-7-14-24(16-20)32-26(15-19(2)31-32)28(34)30-23-13-8-12-22(17-23)25(18-27(29)33)21-10-5-4-6-11-21;1-18-13-25(32(31-18)23-12-5-7-19(14-23)17-28)27(34)30-22-11-6-10-21(15-22)24(16-26(29)33)20-8-3-2-4-9-20;/h5-15,18-20,28H,16,21H2,1-4H3,(H,34,39)(H,35,38);4-17,25H,3,18H2,1-2H3,(H2,29,33)(H,30,34);2-15,24H,16-17,28H2,1H3,(H2,29,33)(H,30,34);1H. The van der Waals surface area contributed by atoms with Crippen molar-refractivity contribution in [1.29, 1.82) is 5.26 Å². The van der Waals surface area contributed by atoms with Crippen molar-refractivity contribution >= 4 is 65.1 Å². The number of halogens is 1. The van der Waals surface area contributed by atoms with E-state index in [1.54, 1.807) is 32.2 Å².